The van der Waals surface area contributed by atoms with E-state index < -0.39 is 0 Å². The largest absolute Gasteiger partial charge is 0.507 e. The molecule has 1 aliphatic heterocycles. The van der Waals surface area contributed by atoms with Gasteiger partial charge in [-0.3, -0.25) is 0 Å². The number of aryl methyl sites for hydroxylation is 2. The van der Waals surface area contributed by atoms with E-state index in [0.717, 1.165) is 37.4 Å². The first-order valence-electron chi connectivity index (χ1n) is 6.08. The third-order valence-electron chi connectivity index (χ3n) is 3.33. The topological polar surface area (TPSA) is 41.5 Å². The number of hydrogen-bond donors (Lipinski definition) is 2. The van der Waals surface area contributed by atoms with Crippen LogP contribution in [-0.4, -0.2) is 24.9 Å². The lowest BCUT2D eigenvalue weighted by Crippen LogP contribution is -2.47. The van der Waals surface area contributed by atoms with Crippen molar-refractivity contribution in [2.75, 3.05) is 19.8 Å². The predicted octanol–water partition coefficient (Wildman–Crippen LogP) is 2.14. The van der Waals surface area contributed by atoms with Gasteiger partial charge in [0, 0.05) is 18.5 Å². The molecule has 0 aromatic heterocycles. The molecule has 2 rings (SSSR count). The van der Waals surface area contributed by atoms with Gasteiger partial charge in [0.1, 0.15) is 5.75 Å². The summed E-state index contributed by atoms with van der Waals surface area (Å²) in [6.07, 6.45) is 0. The van der Waals surface area contributed by atoms with Crippen molar-refractivity contribution < 1.29 is 9.84 Å². The van der Waals surface area contributed by atoms with Gasteiger partial charge in [0.15, 0.2) is 0 Å². The average molecular weight is 235 g/mol. The summed E-state index contributed by atoms with van der Waals surface area (Å²) in [5.41, 5.74) is 3.42. The lowest BCUT2D eigenvalue weighted by molar-refractivity contribution is -0.0991. The van der Waals surface area contributed by atoms with Crippen LogP contribution in [0, 0.1) is 19.3 Å². The van der Waals surface area contributed by atoms with Crippen molar-refractivity contribution in [1.82, 2.24) is 5.32 Å². The van der Waals surface area contributed by atoms with Gasteiger partial charge in [-0.2, -0.15) is 0 Å². The SMILES string of the molecule is Cc1cc(CNCC2(C)COC2)cc(C)c1O. The fourth-order valence-corrected chi connectivity index (χ4v) is 2.21. The second-order valence-corrected chi connectivity index (χ2v) is 5.49. The monoisotopic (exact) mass is 235 g/mol. The number of phenolic OH excluding ortho intramolecular Hbond substituents is 1. The maximum absolute atomic E-state index is 9.70. The van der Waals surface area contributed by atoms with E-state index in [1.807, 2.05) is 26.0 Å². The van der Waals surface area contributed by atoms with Crippen LogP contribution in [0.3, 0.4) is 0 Å². The zero-order valence-electron chi connectivity index (χ0n) is 10.8. The Balaban J connectivity index is 1.90. The molecule has 1 aliphatic rings. The number of phenols is 1. The summed E-state index contributed by atoms with van der Waals surface area (Å²) in [6.45, 7) is 9.64. The molecule has 1 aromatic carbocycles. The van der Waals surface area contributed by atoms with Crippen molar-refractivity contribution in [3.63, 3.8) is 0 Å². The van der Waals surface area contributed by atoms with Gasteiger partial charge >= 0.3 is 0 Å². The molecule has 0 saturated carbocycles. The maximum atomic E-state index is 9.70. The zero-order valence-corrected chi connectivity index (χ0v) is 10.8. The Hall–Kier alpha value is -1.06. The molecule has 3 heteroatoms. The van der Waals surface area contributed by atoms with Crippen LogP contribution in [0.1, 0.15) is 23.6 Å². The number of benzene rings is 1. The molecule has 2 N–H and O–H groups in total. The van der Waals surface area contributed by atoms with Crippen molar-refractivity contribution in [1.29, 1.82) is 0 Å². The molecular formula is C14H21NO2. The van der Waals surface area contributed by atoms with E-state index in [4.69, 9.17) is 4.74 Å². The normalized spacial score (nSPS) is 17.8. The van der Waals surface area contributed by atoms with Gasteiger partial charge < -0.3 is 15.2 Å². The van der Waals surface area contributed by atoms with Crippen LogP contribution in [0.4, 0.5) is 0 Å². The summed E-state index contributed by atoms with van der Waals surface area (Å²) in [4.78, 5) is 0. The first-order valence-corrected chi connectivity index (χ1v) is 6.08. The third kappa shape index (κ3) is 2.79. The van der Waals surface area contributed by atoms with Crippen molar-refractivity contribution in [2.45, 2.75) is 27.3 Å². The van der Waals surface area contributed by atoms with Crippen molar-refractivity contribution >= 4 is 0 Å². The molecule has 94 valence electrons. The molecular weight excluding hydrogens is 214 g/mol. The van der Waals surface area contributed by atoms with Crippen LogP contribution in [-0.2, 0) is 11.3 Å². The van der Waals surface area contributed by atoms with Gasteiger partial charge in [0.05, 0.1) is 13.2 Å². The number of hydrogen-bond acceptors (Lipinski definition) is 3. The number of rotatable bonds is 4. The maximum Gasteiger partial charge on any atom is 0.121 e. The van der Waals surface area contributed by atoms with Gasteiger partial charge in [0.2, 0.25) is 0 Å². The van der Waals surface area contributed by atoms with E-state index in [-0.39, 0.29) is 0 Å². The molecule has 1 heterocycles. The summed E-state index contributed by atoms with van der Waals surface area (Å²) < 4.78 is 5.22. The highest BCUT2D eigenvalue weighted by atomic mass is 16.5. The average Bonchev–Trinajstić information content (AvgIpc) is 2.23. The fourth-order valence-electron chi connectivity index (χ4n) is 2.21. The van der Waals surface area contributed by atoms with Crippen LogP contribution < -0.4 is 5.32 Å². The van der Waals surface area contributed by atoms with Gasteiger partial charge in [-0.05, 0) is 30.5 Å². The molecule has 17 heavy (non-hydrogen) atoms. The first-order chi connectivity index (χ1) is 8.00. The number of ether oxygens (including phenoxy) is 1. The second-order valence-electron chi connectivity index (χ2n) is 5.49. The van der Waals surface area contributed by atoms with Crippen LogP contribution >= 0.6 is 0 Å². The molecule has 0 spiro atoms. The minimum Gasteiger partial charge on any atom is -0.507 e. The molecule has 0 radical (unpaired) electrons. The summed E-state index contributed by atoms with van der Waals surface area (Å²) in [6, 6.07) is 4.07. The van der Waals surface area contributed by atoms with Crippen LogP contribution in [0.25, 0.3) is 0 Å². The summed E-state index contributed by atoms with van der Waals surface area (Å²) in [7, 11) is 0. The van der Waals surface area contributed by atoms with Crippen LogP contribution in [0.15, 0.2) is 12.1 Å². The number of nitrogens with one attached hydrogen (secondary N) is 1. The Morgan fingerprint density at radius 1 is 1.29 bits per heavy atom. The van der Waals surface area contributed by atoms with E-state index in [9.17, 15) is 5.11 Å². The molecule has 0 unspecified atom stereocenters. The van der Waals surface area contributed by atoms with Crippen molar-refractivity contribution in [3.8, 4) is 5.75 Å². The van der Waals surface area contributed by atoms with Crippen molar-refractivity contribution in [3.05, 3.63) is 28.8 Å². The lowest BCUT2D eigenvalue weighted by atomic mass is 9.89. The van der Waals surface area contributed by atoms with Crippen LogP contribution in [0.2, 0.25) is 0 Å². The highest BCUT2D eigenvalue weighted by Crippen LogP contribution is 2.26. The van der Waals surface area contributed by atoms with E-state index >= 15 is 0 Å². The quantitative estimate of drug-likeness (QED) is 0.840. The summed E-state index contributed by atoms with van der Waals surface area (Å²) in [5.74, 6) is 0.410. The summed E-state index contributed by atoms with van der Waals surface area (Å²) in [5, 5.41) is 13.2. The van der Waals surface area contributed by atoms with Crippen LogP contribution in [0.5, 0.6) is 5.75 Å². The minimum absolute atomic E-state index is 0.307. The van der Waals surface area contributed by atoms with Gasteiger partial charge in [-0.15, -0.1) is 0 Å². The molecule has 0 amide bonds. The Morgan fingerprint density at radius 2 is 1.88 bits per heavy atom. The molecule has 0 aliphatic carbocycles. The Kier molecular flexibility index (Phi) is 3.40. The van der Waals surface area contributed by atoms with E-state index in [2.05, 4.69) is 12.2 Å². The molecule has 0 bridgehead atoms. The zero-order chi connectivity index (χ0) is 12.5. The number of aromatic hydroxyl groups is 1. The van der Waals surface area contributed by atoms with E-state index in [1.165, 1.54) is 5.56 Å². The standard InChI is InChI=1S/C14H21NO2/c1-10-4-12(5-11(2)13(10)16)6-15-7-14(3)8-17-9-14/h4-5,15-16H,6-9H2,1-3H3. The smallest absolute Gasteiger partial charge is 0.121 e. The third-order valence-corrected chi connectivity index (χ3v) is 3.33. The first kappa shape index (κ1) is 12.4. The highest BCUT2D eigenvalue weighted by Gasteiger charge is 2.32. The minimum atomic E-state index is 0.307. The van der Waals surface area contributed by atoms with E-state index in [1.54, 1.807) is 0 Å². The molecule has 3 nitrogen and oxygen atoms in total. The lowest BCUT2D eigenvalue weighted by Gasteiger charge is -2.38. The Morgan fingerprint density at radius 3 is 2.35 bits per heavy atom. The Bertz CT molecular complexity index is 388. The summed E-state index contributed by atoms with van der Waals surface area (Å²) >= 11 is 0. The molecule has 1 fully saturated rings. The fraction of sp³-hybridized carbons (Fsp3) is 0.571. The van der Waals surface area contributed by atoms with Gasteiger partial charge in [0.25, 0.3) is 0 Å². The molecule has 1 aromatic rings. The molecule has 1 saturated heterocycles. The Labute approximate surface area is 103 Å². The van der Waals surface area contributed by atoms with E-state index in [0.29, 0.717) is 11.2 Å². The predicted molar refractivity (Wildman–Crippen MR) is 68.2 cm³/mol. The highest BCUT2D eigenvalue weighted by molar-refractivity contribution is 5.42. The second kappa shape index (κ2) is 4.67. The van der Waals surface area contributed by atoms with Gasteiger partial charge in [-0.25, -0.2) is 0 Å². The van der Waals surface area contributed by atoms with Gasteiger partial charge in [-0.1, -0.05) is 19.1 Å². The van der Waals surface area contributed by atoms with Crippen molar-refractivity contribution in [2.24, 2.45) is 5.41 Å². The molecule has 0 atom stereocenters.